The van der Waals surface area contributed by atoms with Crippen molar-refractivity contribution < 1.29 is 9.59 Å². The van der Waals surface area contributed by atoms with Gasteiger partial charge >= 0.3 is 0 Å². The van der Waals surface area contributed by atoms with Crippen LogP contribution >= 0.6 is 0 Å². The predicted molar refractivity (Wildman–Crippen MR) is 99.7 cm³/mol. The molecule has 1 atom stereocenters. The number of carbonyl (C=O) groups excluding carboxylic acids is 2. The molecular weight excluding hydrogens is 312 g/mol. The van der Waals surface area contributed by atoms with Crippen LogP contribution in [0.15, 0.2) is 48.5 Å². The summed E-state index contributed by atoms with van der Waals surface area (Å²) in [5, 5.41) is 3.16. The zero-order valence-electron chi connectivity index (χ0n) is 14.8. The van der Waals surface area contributed by atoms with Crippen molar-refractivity contribution in [1.82, 2.24) is 5.32 Å². The average Bonchev–Trinajstić information content (AvgIpc) is 3.05. The second-order valence-corrected chi connectivity index (χ2v) is 6.49. The number of hydrogen-bond donors (Lipinski definition) is 1. The van der Waals surface area contributed by atoms with Crippen molar-refractivity contribution in [2.75, 3.05) is 11.4 Å². The van der Waals surface area contributed by atoms with E-state index in [1.54, 1.807) is 11.8 Å². The van der Waals surface area contributed by atoms with Crippen molar-refractivity contribution in [2.45, 2.75) is 39.2 Å². The van der Waals surface area contributed by atoms with Crippen LogP contribution in [0.2, 0.25) is 0 Å². The minimum Gasteiger partial charge on any atom is -0.345 e. The second-order valence-electron chi connectivity index (χ2n) is 6.49. The molecule has 0 radical (unpaired) electrons. The van der Waals surface area contributed by atoms with E-state index in [0.29, 0.717) is 12.1 Å². The second kappa shape index (κ2) is 7.51. The first kappa shape index (κ1) is 17.2. The monoisotopic (exact) mass is 336 g/mol. The molecule has 25 heavy (non-hydrogen) atoms. The molecule has 1 aliphatic heterocycles. The molecule has 0 aliphatic carbocycles. The van der Waals surface area contributed by atoms with Gasteiger partial charge in [-0.15, -0.1) is 0 Å². The van der Waals surface area contributed by atoms with Gasteiger partial charge in [-0.1, -0.05) is 43.7 Å². The van der Waals surface area contributed by atoms with Crippen molar-refractivity contribution in [1.29, 1.82) is 0 Å². The van der Waals surface area contributed by atoms with Crippen LogP contribution in [0.5, 0.6) is 0 Å². The van der Waals surface area contributed by atoms with Gasteiger partial charge in [0.2, 0.25) is 5.91 Å². The molecule has 2 amide bonds. The van der Waals surface area contributed by atoms with E-state index in [2.05, 4.69) is 12.2 Å². The van der Waals surface area contributed by atoms with Crippen LogP contribution in [-0.2, 0) is 11.2 Å². The Bertz CT molecular complexity index is 771. The predicted octanol–water partition coefficient (Wildman–Crippen LogP) is 3.87. The Morgan fingerprint density at radius 2 is 1.92 bits per heavy atom. The van der Waals surface area contributed by atoms with Gasteiger partial charge in [0.05, 0.1) is 6.04 Å². The van der Waals surface area contributed by atoms with E-state index in [9.17, 15) is 9.59 Å². The summed E-state index contributed by atoms with van der Waals surface area (Å²) in [4.78, 5) is 26.1. The lowest BCUT2D eigenvalue weighted by Gasteiger charge is -2.19. The highest BCUT2D eigenvalue weighted by molar-refractivity contribution is 5.98. The summed E-state index contributed by atoms with van der Waals surface area (Å²) < 4.78 is 0. The van der Waals surface area contributed by atoms with Crippen LogP contribution in [0, 0.1) is 0 Å². The van der Waals surface area contributed by atoms with Gasteiger partial charge in [-0.2, -0.15) is 0 Å². The lowest BCUT2D eigenvalue weighted by atomic mass is 10.0. The van der Waals surface area contributed by atoms with Gasteiger partial charge in [0.1, 0.15) is 0 Å². The van der Waals surface area contributed by atoms with Gasteiger partial charge < -0.3 is 10.2 Å². The van der Waals surface area contributed by atoms with E-state index in [1.807, 2.05) is 48.5 Å². The number of hydrogen-bond acceptors (Lipinski definition) is 2. The first-order valence-corrected chi connectivity index (χ1v) is 8.87. The summed E-state index contributed by atoms with van der Waals surface area (Å²) in [6.07, 6.45) is 2.70. The minimum absolute atomic E-state index is 0.0145. The highest BCUT2D eigenvalue weighted by atomic mass is 16.2. The maximum absolute atomic E-state index is 12.7. The third kappa shape index (κ3) is 3.73. The van der Waals surface area contributed by atoms with E-state index < -0.39 is 0 Å². The van der Waals surface area contributed by atoms with Crippen molar-refractivity contribution in [2.24, 2.45) is 0 Å². The number of rotatable bonds is 5. The van der Waals surface area contributed by atoms with Gasteiger partial charge in [-0.05, 0) is 42.2 Å². The van der Waals surface area contributed by atoms with Crippen LogP contribution < -0.4 is 10.2 Å². The van der Waals surface area contributed by atoms with Gasteiger partial charge in [-0.3, -0.25) is 9.59 Å². The highest BCUT2D eigenvalue weighted by Gasteiger charge is 2.23. The van der Waals surface area contributed by atoms with Crippen molar-refractivity contribution in [3.8, 4) is 0 Å². The number of anilines is 1. The number of benzene rings is 2. The Labute approximate surface area is 148 Å². The highest BCUT2D eigenvalue weighted by Crippen LogP contribution is 2.29. The number of nitrogens with zero attached hydrogens (tertiary/aromatic N) is 1. The van der Waals surface area contributed by atoms with Gasteiger partial charge in [0, 0.05) is 24.7 Å². The SMILES string of the molecule is CCCC(NC(=O)c1ccc2c(c1)CCN2C(C)=O)c1ccccc1. The molecule has 4 nitrogen and oxygen atoms in total. The van der Waals surface area contributed by atoms with E-state index in [-0.39, 0.29) is 17.9 Å². The molecule has 1 unspecified atom stereocenters. The molecule has 1 aliphatic rings. The molecule has 0 aromatic heterocycles. The molecular formula is C21H24N2O2. The fourth-order valence-corrected chi connectivity index (χ4v) is 3.41. The lowest BCUT2D eigenvalue weighted by Crippen LogP contribution is -2.28. The third-order valence-corrected chi connectivity index (χ3v) is 4.70. The summed E-state index contributed by atoms with van der Waals surface area (Å²) in [6.45, 7) is 4.39. The lowest BCUT2D eigenvalue weighted by molar-refractivity contribution is -0.116. The van der Waals surface area contributed by atoms with Crippen LogP contribution in [0.1, 0.15) is 54.2 Å². The summed E-state index contributed by atoms with van der Waals surface area (Å²) in [5.41, 5.74) is 3.77. The molecule has 0 fully saturated rings. The van der Waals surface area contributed by atoms with Crippen molar-refractivity contribution >= 4 is 17.5 Å². The van der Waals surface area contributed by atoms with Gasteiger partial charge in [0.25, 0.3) is 5.91 Å². The summed E-state index contributed by atoms with van der Waals surface area (Å²) in [5.74, 6) is -0.0191. The zero-order chi connectivity index (χ0) is 17.8. The first-order valence-electron chi connectivity index (χ1n) is 8.87. The Balaban J connectivity index is 1.78. The van der Waals surface area contributed by atoms with Crippen LogP contribution in [0.25, 0.3) is 0 Å². The summed E-state index contributed by atoms with van der Waals surface area (Å²) in [7, 11) is 0. The molecule has 3 rings (SSSR count). The normalized spacial score (nSPS) is 14.1. The summed E-state index contributed by atoms with van der Waals surface area (Å²) >= 11 is 0. The number of carbonyl (C=O) groups is 2. The van der Waals surface area contributed by atoms with Crippen LogP contribution in [-0.4, -0.2) is 18.4 Å². The third-order valence-electron chi connectivity index (χ3n) is 4.70. The molecule has 0 bridgehead atoms. The van der Waals surface area contributed by atoms with E-state index in [1.165, 1.54) is 0 Å². The molecule has 4 heteroatoms. The van der Waals surface area contributed by atoms with Crippen molar-refractivity contribution in [3.63, 3.8) is 0 Å². The quantitative estimate of drug-likeness (QED) is 0.901. The van der Waals surface area contributed by atoms with Crippen LogP contribution in [0.3, 0.4) is 0 Å². The Kier molecular flexibility index (Phi) is 5.17. The Morgan fingerprint density at radius 3 is 2.60 bits per heavy atom. The van der Waals surface area contributed by atoms with Crippen LogP contribution in [0.4, 0.5) is 5.69 Å². The molecule has 2 aromatic rings. The number of fused-ring (bicyclic) bond motifs is 1. The fraction of sp³-hybridized carbons (Fsp3) is 0.333. The summed E-state index contributed by atoms with van der Waals surface area (Å²) in [6, 6.07) is 15.7. The number of nitrogens with one attached hydrogen (secondary N) is 1. The van der Waals surface area contributed by atoms with Gasteiger partial charge in [-0.25, -0.2) is 0 Å². The first-order chi connectivity index (χ1) is 12.1. The molecule has 0 saturated heterocycles. The zero-order valence-corrected chi connectivity index (χ0v) is 14.8. The number of amides is 2. The fourth-order valence-electron chi connectivity index (χ4n) is 3.41. The standard InChI is InChI=1S/C21H24N2O2/c1-3-7-19(16-8-5-4-6-9-16)22-21(25)18-10-11-20-17(14-18)12-13-23(20)15(2)24/h4-6,8-11,14,19H,3,7,12-13H2,1-2H3,(H,22,25). The van der Waals surface area contributed by atoms with E-state index in [0.717, 1.165) is 36.1 Å². The maximum Gasteiger partial charge on any atom is 0.251 e. The van der Waals surface area contributed by atoms with E-state index >= 15 is 0 Å². The smallest absolute Gasteiger partial charge is 0.251 e. The Morgan fingerprint density at radius 1 is 1.16 bits per heavy atom. The molecule has 0 saturated carbocycles. The largest absolute Gasteiger partial charge is 0.345 e. The molecule has 0 spiro atoms. The molecule has 2 aromatic carbocycles. The maximum atomic E-state index is 12.7. The molecule has 1 heterocycles. The minimum atomic E-state index is -0.0635. The van der Waals surface area contributed by atoms with Crippen molar-refractivity contribution in [3.05, 3.63) is 65.2 Å². The van der Waals surface area contributed by atoms with E-state index in [4.69, 9.17) is 0 Å². The molecule has 1 N–H and O–H groups in total. The average molecular weight is 336 g/mol. The van der Waals surface area contributed by atoms with Gasteiger partial charge in [0.15, 0.2) is 0 Å². The molecule has 130 valence electrons. The Hall–Kier alpha value is -2.62. The topological polar surface area (TPSA) is 49.4 Å².